The molecule has 0 unspecified atom stereocenters. The number of rotatable bonds is 3. The standard InChI is InChI=1S/C13H16BrNO2/c1-9-7-10(4-5-11(9)14)8-15-6-2-3-12(15)13(16)17/h4-5,7,12H,2-3,6,8H2,1H3,(H,16,17)/t12-/m1/s1. The van der Waals surface area contributed by atoms with Crippen molar-refractivity contribution in [2.24, 2.45) is 0 Å². The zero-order chi connectivity index (χ0) is 12.4. The van der Waals surface area contributed by atoms with Gasteiger partial charge in [0.05, 0.1) is 0 Å². The van der Waals surface area contributed by atoms with Crippen molar-refractivity contribution in [3.8, 4) is 0 Å². The third-order valence-electron chi connectivity index (χ3n) is 3.26. The number of benzene rings is 1. The maximum atomic E-state index is 11.1. The summed E-state index contributed by atoms with van der Waals surface area (Å²) in [5.74, 6) is -0.698. The predicted octanol–water partition coefficient (Wildman–Crippen LogP) is 2.81. The van der Waals surface area contributed by atoms with Crippen LogP contribution in [-0.4, -0.2) is 28.6 Å². The molecule has 1 N–H and O–H groups in total. The summed E-state index contributed by atoms with van der Waals surface area (Å²) in [7, 11) is 0. The minimum absolute atomic E-state index is 0.307. The monoisotopic (exact) mass is 297 g/mol. The highest BCUT2D eigenvalue weighted by Gasteiger charge is 2.30. The van der Waals surface area contributed by atoms with Gasteiger partial charge in [0.2, 0.25) is 0 Å². The van der Waals surface area contributed by atoms with Gasteiger partial charge in [-0.3, -0.25) is 9.69 Å². The van der Waals surface area contributed by atoms with Crippen LogP contribution in [0.5, 0.6) is 0 Å². The van der Waals surface area contributed by atoms with Crippen LogP contribution in [0.4, 0.5) is 0 Å². The van der Waals surface area contributed by atoms with E-state index < -0.39 is 5.97 Å². The molecule has 0 radical (unpaired) electrons. The van der Waals surface area contributed by atoms with Crippen molar-refractivity contribution < 1.29 is 9.90 Å². The van der Waals surface area contributed by atoms with E-state index in [0.717, 1.165) is 30.4 Å². The van der Waals surface area contributed by atoms with E-state index in [1.165, 1.54) is 11.1 Å². The van der Waals surface area contributed by atoms with Crippen molar-refractivity contribution in [3.05, 3.63) is 33.8 Å². The molecule has 17 heavy (non-hydrogen) atoms. The van der Waals surface area contributed by atoms with Crippen LogP contribution in [0, 0.1) is 6.92 Å². The Kier molecular flexibility index (Phi) is 3.84. The Labute approximate surface area is 110 Å². The summed E-state index contributed by atoms with van der Waals surface area (Å²) >= 11 is 3.47. The Morgan fingerprint density at radius 1 is 1.59 bits per heavy atom. The predicted molar refractivity (Wildman–Crippen MR) is 69.9 cm³/mol. The molecule has 1 heterocycles. The highest BCUT2D eigenvalue weighted by Crippen LogP contribution is 2.22. The normalized spacial score (nSPS) is 20.7. The minimum Gasteiger partial charge on any atom is -0.480 e. The number of carbonyl (C=O) groups is 1. The molecule has 1 atom stereocenters. The van der Waals surface area contributed by atoms with E-state index >= 15 is 0 Å². The van der Waals surface area contributed by atoms with Gasteiger partial charge in [-0.05, 0) is 43.5 Å². The van der Waals surface area contributed by atoms with Crippen molar-refractivity contribution >= 4 is 21.9 Å². The molecule has 1 aliphatic rings. The summed E-state index contributed by atoms with van der Waals surface area (Å²) in [6, 6.07) is 5.88. The summed E-state index contributed by atoms with van der Waals surface area (Å²) < 4.78 is 1.09. The molecular formula is C13H16BrNO2. The Hall–Kier alpha value is -0.870. The van der Waals surface area contributed by atoms with E-state index in [-0.39, 0.29) is 6.04 Å². The van der Waals surface area contributed by atoms with Gasteiger partial charge in [-0.1, -0.05) is 28.1 Å². The average Bonchev–Trinajstić information content (AvgIpc) is 2.72. The zero-order valence-corrected chi connectivity index (χ0v) is 11.4. The average molecular weight is 298 g/mol. The molecule has 2 rings (SSSR count). The molecule has 0 aliphatic carbocycles. The molecule has 1 aromatic rings. The first-order valence-electron chi connectivity index (χ1n) is 5.80. The topological polar surface area (TPSA) is 40.5 Å². The number of carboxylic acid groups (broad SMARTS) is 1. The molecule has 1 aliphatic heterocycles. The Bertz CT molecular complexity index is 433. The molecule has 1 aromatic carbocycles. The molecule has 0 bridgehead atoms. The minimum atomic E-state index is -0.698. The van der Waals surface area contributed by atoms with Crippen molar-refractivity contribution in [1.82, 2.24) is 4.90 Å². The molecule has 0 amide bonds. The first-order chi connectivity index (χ1) is 8.08. The number of hydrogen-bond acceptors (Lipinski definition) is 2. The van der Waals surface area contributed by atoms with E-state index in [1.54, 1.807) is 0 Å². The zero-order valence-electron chi connectivity index (χ0n) is 9.82. The van der Waals surface area contributed by atoms with Gasteiger partial charge in [0.25, 0.3) is 0 Å². The van der Waals surface area contributed by atoms with Crippen LogP contribution in [0.2, 0.25) is 0 Å². The van der Waals surface area contributed by atoms with E-state index in [4.69, 9.17) is 5.11 Å². The third kappa shape index (κ3) is 2.87. The van der Waals surface area contributed by atoms with Gasteiger partial charge in [0.1, 0.15) is 6.04 Å². The molecule has 0 spiro atoms. The third-order valence-corrected chi connectivity index (χ3v) is 4.15. The Morgan fingerprint density at radius 2 is 2.35 bits per heavy atom. The van der Waals surface area contributed by atoms with E-state index in [9.17, 15) is 4.79 Å². The maximum absolute atomic E-state index is 11.1. The lowest BCUT2D eigenvalue weighted by Crippen LogP contribution is -2.35. The van der Waals surface area contributed by atoms with Crippen molar-refractivity contribution in [1.29, 1.82) is 0 Å². The van der Waals surface area contributed by atoms with Gasteiger partial charge in [0, 0.05) is 11.0 Å². The largest absolute Gasteiger partial charge is 0.480 e. The van der Waals surface area contributed by atoms with Crippen LogP contribution in [-0.2, 0) is 11.3 Å². The molecule has 92 valence electrons. The van der Waals surface area contributed by atoms with E-state index in [0.29, 0.717) is 0 Å². The number of halogens is 1. The second-order valence-electron chi connectivity index (χ2n) is 4.55. The van der Waals surface area contributed by atoms with Crippen LogP contribution in [0.15, 0.2) is 22.7 Å². The van der Waals surface area contributed by atoms with Crippen LogP contribution >= 0.6 is 15.9 Å². The van der Waals surface area contributed by atoms with Gasteiger partial charge in [-0.2, -0.15) is 0 Å². The first-order valence-corrected chi connectivity index (χ1v) is 6.59. The summed E-state index contributed by atoms with van der Waals surface area (Å²) in [4.78, 5) is 13.1. The molecule has 4 heteroatoms. The summed E-state index contributed by atoms with van der Waals surface area (Å²) in [6.07, 6.45) is 1.75. The second-order valence-corrected chi connectivity index (χ2v) is 5.40. The lowest BCUT2D eigenvalue weighted by atomic mass is 10.1. The van der Waals surface area contributed by atoms with Gasteiger partial charge < -0.3 is 5.11 Å². The van der Waals surface area contributed by atoms with E-state index in [2.05, 4.69) is 22.0 Å². The van der Waals surface area contributed by atoms with Gasteiger partial charge in [-0.25, -0.2) is 0 Å². The number of aliphatic carboxylic acids is 1. The van der Waals surface area contributed by atoms with Crippen LogP contribution < -0.4 is 0 Å². The molecule has 1 fully saturated rings. The summed E-state index contributed by atoms with van der Waals surface area (Å²) in [5.41, 5.74) is 2.37. The van der Waals surface area contributed by atoms with Gasteiger partial charge in [-0.15, -0.1) is 0 Å². The van der Waals surface area contributed by atoms with Crippen LogP contribution in [0.25, 0.3) is 0 Å². The van der Waals surface area contributed by atoms with Crippen LogP contribution in [0.1, 0.15) is 24.0 Å². The number of hydrogen-bond donors (Lipinski definition) is 1. The summed E-state index contributed by atoms with van der Waals surface area (Å²) in [6.45, 7) is 3.66. The fourth-order valence-electron chi connectivity index (χ4n) is 2.33. The molecule has 0 aromatic heterocycles. The SMILES string of the molecule is Cc1cc(CN2CCC[C@@H]2C(=O)O)ccc1Br. The maximum Gasteiger partial charge on any atom is 0.320 e. The lowest BCUT2D eigenvalue weighted by molar-refractivity contribution is -0.142. The number of nitrogens with zero attached hydrogens (tertiary/aromatic N) is 1. The van der Waals surface area contributed by atoms with E-state index in [1.807, 2.05) is 24.0 Å². The van der Waals surface area contributed by atoms with Crippen LogP contribution in [0.3, 0.4) is 0 Å². The van der Waals surface area contributed by atoms with Crippen molar-refractivity contribution in [3.63, 3.8) is 0 Å². The number of carboxylic acids is 1. The smallest absolute Gasteiger partial charge is 0.320 e. The fourth-order valence-corrected chi connectivity index (χ4v) is 2.58. The molecular weight excluding hydrogens is 282 g/mol. The van der Waals surface area contributed by atoms with Crippen molar-refractivity contribution in [2.45, 2.75) is 32.4 Å². The van der Waals surface area contributed by atoms with Gasteiger partial charge >= 0.3 is 5.97 Å². The molecule has 0 saturated carbocycles. The summed E-state index contributed by atoms with van der Waals surface area (Å²) in [5, 5.41) is 9.11. The van der Waals surface area contributed by atoms with Gasteiger partial charge in [0.15, 0.2) is 0 Å². The quantitative estimate of drug-likeness (QED) is 0.933. The highest BCUT2D eigenvalue weighted by molar-refractivity contribution is 9.10. The number of aryl methyl sites for hydroxylation is 1. The Morgan fingerprint density at radius 3 is 3.00 bits per heavy atom. The first kappa shape index (κ1) is 12.6. The van der Waals surface area contributed by atoms with Crippen molar-refractivity contribution in [2.75, 3.05) is 6.54 Å². The highest BCUT2D eigenvalue weighted by atomic mass is 79.9. The molecule has 3 nitrogen and oxygen atoms in total. The fraction of sp³-hybridized carbons (Fsp3) is 0.462. The lowest BCUT2D eigenvalue weighted by Gasteiger charge is -2.21. The second kappa shape index (κ2) is 5.19. The Balaban J connectivity index is 2.09. The number of likely N-dealkylation sites (tertiary alicyclic amines) is 1. The molecule has 1 saturated heterocycles.